The van der Waals surface area contributed by atoms with Crippen LogP contribution in [0.4, 0.5) is 8.78 Å². The number of hydrogen-bond donors (Lipinski definition) is 1. The molecular formula is C16H15Br2F2N. The van der Waals surface area contributed by atoms with Gasteiger partial charge in [-0.3, -0.25) is 0 Å². The molecule has 1 nitrogen and oxygen atoms in total. The van der Waals surface area contributed by atoms with Gasteiger partial charge in [-0.2, -0.15) is 0 Å². The van der Waals surface area contributed by atoms with Gasteiger partial charge in [-0.05, 0) is 58.2 Å². The maximum absolute atomic E-state index is 13.7. The number of rotatable bonds is 5. The van der Waals surface area contributed by atoms with Crippen molar-refractivity contribution in [1.82, 2.24) is 5.32 Å². The molecule has 5 heteroatoms. The Kier molecular flexibility index (Phi) is 5.90. The molecule has 0 aliphatic heterocycles. The quantitative estimate of drug-likeness (QED) is 0.642. The van der Waals surface area contributed by atoms with E-state index in [2.05, 4.69) is 37.2 Å². The van der Waals surface area contributed by atoms with Crippen LogP contribution < -0.4 is 5.32 Å². The summed E-state index contributed by atoms with van der Waals surface area (Å²) in [6.07, 6.45) is 0.699. The summed E-state index contributed by atoms with van der Waals surface area (Å²) in [5, 5.41) is 3.32. The summed E-state index contributed by atoms with van der Waals surface area (Å²) in [6, 6.07) is 10.7. The van der Waals surface area contributed by atoms with Gasteiger partial charge in [0.05, 0.1) is 4.47 Å². The normalized spacial score (nSPS) is 12.4. The van der Waals surface area contributed by atoms with E-state index >= 15 is 0 Å². The molecule has 1 atom stereocenters. The molecule has 2 aromatic carbocycles. The Balaban J connectivity index is 2.30. The molecule has 112 valence electrons. The lowest BCUT2D eigenvalue weighted by molar-refractivity contribution is 0.491. The van der Waals surface area contributed by atoms with Gasteiger partial charge in [0, 0.05) is 10.5 Å². The van der Waals surface area contributed by atoms with Crippen LogP contribution in [-0.4, -0.2) is 6.54 Å². The molecule has 0 saturated carbocycles. The number of hydrogen-bond acceptors (Lipinski definition) is 1. The third kappa shape index (κ3) is 4.11. The third-order valence-electron chi connectivity index (χ3n) is 3.24. The van der Waals surface area contributed by atoms with Gasteiger partial charge in [0.15, 0.2) is 11.6 Å². The maximum atomic E-state index is 13.7. The minimum absolute atomic E-state index is 0.0827. The summed E-state index contributed by atoms with van der Waals surface area (Å²) >= 11 is 6.57. The molecule has 0 fully saturated rings. The van der Waals surface area contributed by atoms with E-state index < -0.39 is 11.6 Å². The minimum Gasteiger partial charge on any atom is -0.310 e. The Labute approximate surface area is 140 Å². The highest BCUT2D eigenvalue weighted by atomic mass is 79.9. The molecular weight excluding hydrogens is 404 g/mol. The Hall–Kier alpha value is -0.780. The molecule has 0 aliphatic carbocycles. The van der Waals surface area contributed by atoms with Gasteiger partial charge < -0.3 is 5.32 Å². The Bertz CT molecular complexity index is 614. The molecule has 0 bridgehead atoms. The molecule has 0 saturated heterocycles. The van der Waals surface area contributed by atoms with Crippen LogP contribution >= 0.6 is 31.9 Å². The third-order valence-corrected chi connectivity index (χ3v) is 4.58. The summed E-state index contributed by atoms with van der Waals surface area (Å²) in [5.74, 6) is -1.68. The van der Waals surface area contributed by atoms with Gasteiger partial charge in [0.2, 0.25) is 0 Å². The number of halogens is 4. The SMILES string of the molecule is CCNC(Cc1ccc(Br)cc1)c1ccc(F)c(F)c1Br. The first-order valence-corrected chi connectivity index (χ1v) is 8.22. The Morgan fingerprint density at radius 2 is 1.71 bits per heavy atom. The first kappa shape index (κ1) is 16.6. The molecule has 1 N–H and O–H groups in total. The number of likely N-dealkylation sites (N-methyl/N-ethyl adjacent to an activating group) is 1. The average Bonchev–Trinajstić information content (AvgIpc) is 2.47. The van der Waals surface area contributed by atoms with Crippen molar-refractivity contribution in [3.63, 3.8) is 0 Å². The van der Waals surface area contributed by atoms with E-state index in [1.165, 1.54) is 6.07 Å². The lowest BCUT2D eigenvalue weighted by Crippen LogP contribution is -2.23. The van der Waals surface area contributed by atoms with Gasteiger partial charge in [0.25, 0.3) is 0 Å². The molecule has 21 heavy (non-hydrogen) atoms. The fourth-order valence-corrected chi connectivity index (χ4v) is 3.07. The smallest absolute Gasteiger partial charge is 0.173 e. The second-order valence-corrected chi connectivity index (χ2v) is 6.41. The van der Waals surface area contributed by atoms with Crippen LogP contribution in [0.5, 0.6) is 0 Å². The highest BCUT2D eigenvalue weighted by molar-refractivity contribution is 9.10. The van der Waals surface area contributed by atoms with E-state index in [1.807, 2.05) is 31.2 Å². The Morgan fingerprint density at radius 1 is 1.05 bits per heavy atom. The molecule has 0 aliphatic rings. The van der Waals surface area contributed by atoms with Crippen LogP contribution in [0.25, 0.3) is 0 Å². The van der Waals surface area contributed by atoms with Crippen LogP contribution in [0.15, 0.2) is 45.3 Å². The maximum Gasteiger partial charge on any atom is 0.173 e. The summed E-state index contributed by atoms with van der Waals surface area (Å²) in [7, 11) is 0. The van der Waals surface area contributed by atoms with Crippen LogP contribution in [0.3, 0.4) is 0 Å². The van der Waals surface area contributed by atoms with Gasteiger partial charge in [-0.15, -0.1) is 0 Å². The van der Waals surface area contributed by atoms with E-state index in [1.54, 1.807) is 6.07 Å². The van der Waals surface area contributed by atoms with E-state index in [9.17, 15) is 8.78 Å². The number of nitrogens with one attached hydrogen (secondary N) is 1. The molecule has 2 rings (SSSR count). The van der Waals surface area contributed by atoms with Crippen LogP contribution in [0.1, 0.15) is 24.1 Å². The van der Waals surface area contributed by atoms with E-state index in [4.69, 9.17) is 0 Å². The van der Waals surface area contributed by atoms with Crippen LogP contribution in [0.2, 0.25) is 0 Å². The van der Waals surface area contributed by atoms with Crippen molar-refractivity contribution >= 4 is 31.9 Å². The molecule has 0 aromatic heterocycles. The minimum atomic E-state index is -0.843. The summed E-state index contributed by atoms with van der Waals surface area (Å²) in [6.45, 7) is 2.73. The van der Waals surface area contributed by atoms with E-state index in [0.717, 1.165) is 22.1 Å². The predicted molar refractivity (Wildman–Crippen MR) is 88.3 cm³/mol. The largest absolute Gasteiger partial charge is 0.310 e. The monoisotopic (exact) mass is 417 g/mol. The van der Waals surface area contributed by atoms with Crippen molar-refractivity contribution in [2.45, 2.75) is 19.4 Å². The van der Waals surface area contributed by atoms with E-state index in [-0.39, 0.29) is 10.5 Å². The zero-order valence-corrected chi connectivity index (χ0v) is 14.6. The fraction of sp³-hybridized carbons (Fsp3) is 0.250. The molecule has 0 radical (unpaired) electrons. The van der Waals surface area contributed by atoms with Crippen molar-refractivity contribution in [2.75, 3.05) is 6.54 Å². The van der Waals surface area contributed by atoms with Gasteiger partial charge in [0.1, 0.15) is 0 Å². The van der Waals surface area contributed by atoms with Crippen molar-refractivity contribution in [1.29, 1.82) is 0 Å². The van der Waals surface area contributed by atoms with Crippen LogP contribution in [-0.2, 0) is 6.42 Å². The highest BCUT2D eigenvalue weighted by Gasteiger charge is 2.18. The van der Waals surface area contributed by atoms with Crippen LogP contribution in [0, 0.1) is 11.6 Å². The fourth-order valence-electron chi connectivity index (χ4n) is 2.20. The standard InChI is InChI=1S/C16H15Br2F2N/c1-2-21-14(9-10-3-5-11(17)6-4-10)12-7-8-13(19)16(20)15(12)18/h3-8,14,21H,2,9H2,1H3. The van der Waals surface area contributed by atoms with Crippen molar-refractivity contribution in [3.8, 4) is 0 Å². The summed E-state index contributed by atoms with van der Waals surface area (Å²) in [5.41, 5.74) is 1.85. The zero-order valence-electron chi connectivity index (χ0n) is 11.5. The number of benzene rings is 2. The first-order valence-electron chi connectivity index (χ1n) is 6.64. The second-order valence-electron chi connectivity index (χ2n) is 4.71. The topological polar surface area (TPSA) is 12.0 Å². The lowest BCUT2D eigenvalue weighted by atomic mass is 9.98. The Morgan fingerprint density at radius 3 is 2.33 bits per heavy atom. The summed E-state index contributed by atoms with van der Waals surface area (Å²) in [4.78, 5) is 0. The zero-order chi connectivity index (χ0) is 15.4. The molecule has 0 amide bonds. The molecule has 0 heterocycles. The van der Waals surface area contributed by atoms with Gasteiger partial charge in [-0.25, -0.2) is 8.78 Å². The summed E-state index contributed by atoms with van der Waals surface area (Å²) < 4.78 is 28.2. The van der Waals surface area contributed by atoms with Crippen molar-refractivity contribution in [3.05, 3.63) is 68.1 Å². The average molecular weight is 419 g/mol. The van der Waals surface area contributed by atoms with E-state index in [0.29, 0.717) is 6.42 Å². The molecule has 2 aromatic rings. The predicted octanol–water partition coefficient (Wildman–Crippen LogP) is 5.38. The molecule has 1 unspecified atom stereocenters. The van der Waals surface area contributed by atoms with Crippen molar-refractivity contribution < 1.29 is 8.78 Å². The lowest BCUT2D eigenvalue weighted by Gasteiger charge is -2.20. The van der Waals surface area contributed by atoms with Gasteiger partial charge >= 0.3 is 0 Å². The van der Waals surface area contributed by atoms with Gasteiger partial charge in [-0.1, -0.05) is 41.1 Å². The highest BCUT2D eigenvalue weighted by Crippen LogP contribution is 2.30. The second kappa shape index (κ2) is 7.47. The first-order chi connectivity index (χ1) is 10.0. The molecule has 0 spiro atoms. The van der Waals surface area contributed by atoms with Crippen molar-refractivity contribution in [2.24, 2.45) is 0 Å².